The minimum atomic E-state index is -3.83. The molecule has 0 aromatic heterocycles. The van der Waals surface area contributed by atoms with Crippen molar-refractivity contribution < 1.29 is 17.7 Å². The Labute approximate surface area is 79.0 Å². The molecule has 1 rings (SSSR count). The van der Waals surface area contributed by atoms with Gasteiger partial charge in [0.05, 0.1) is 18.0 Å². The summed E-state index contributed by atoms with van der Waals surface area (Å²) >= 11 is 0. The van der Waals surface area contributed by atoms with E-state index in [0.29, 0.717) is 12.8 Å². The topological polar surface area (TPSA) is 63.6 Å². The maximum Gasteiger partial charge on any atom is 0.265 e. The zero-order chi connectivity index (χ0) is 10.1. The van der Waals surface area contributed by atoms with E-state index in [0.717, 1.165) is 0 Å². The van der Waals surface area contributed by atoms with Crippen molar-refractivity contribution in [2.75, 3.05) is 5.75 Å². The Morgan fingerprint density at radius 3 is 2.15 bits per heavy atom. The van der Waals surface area contributed by atoms with E-state index in [1.807, 2.05) is 13.8 Å². The van der Waals surface area contributed by atoms with Gasteiger partial charge in [-0.25, -0.2) is 0 Å². The highest BCUT2D eigenvalue weighted by molar-refractivity contribution is 7.85. The maximum absolute atomic E-state index is 10.6. The van der Waals surface area contributed by atoms with E-state index in [1.165, 1.54) is 0 Å². The van der Waals surface area contributed by atoms with Crippen LogP contribution in [-0.2, 0) is 14.9 Å². The van der Waals surface area contributed by atoms with Crippen LogP contribution < -0.4 is 0 Å². The average Bonchev–Trinajstić information content (AvgIpc) is 1.78. The molecule has 13 heavy (non-hydrogen) atoms. The molecule has 5 heteroatoms. The third-order valence-electron chi connectivity index (χ3n) is 2.24. The molecule has 0 aliphatic carbocycles. The van der Waals surface area contributed by atoms with Crippen LogP contribution in [0.3, 0.4) is 0 Å². The molecule has 0 radical (unpaired) electrons. The van der Waals surface area contributed by atoms with Gasteiger partial charge < -0.3 is 4.74 Å². The first kappa shape index (κ1) is 10.9. The molecule has 0 aromatic carbocycles. The fraction of sp³-hybridized carbons (Fsp3) is 1.00. The van der Waals surface area contributed by atoms with Crippen LogP contribution in [0.25, 0.3) is 0 Å². The first-order valence-corrected chi connectivity index (χ1v) is 6.08. The van der Waals surface area contributed by atoms with E-state index in [4.69, 9.17) is 9.29 Å². The molecular formula is C8H16O4S. The summed E-state index contributed by atoms with van der Waals surface area (Å²) in [6.07, 6.45) is 1.61. The van der Waals surface area contributed by atoms with Gasteiger partial charge in [-0.05, 0) is 32.6 Å². The van der Waals surface area contributed by atoms with Crippen molar-refractivity contribution in [3.8, 4) is 0 Å². The lowest BCUT2D eigenvalue weighted by molar-refractivity contribution is -0.0480. The Morgan fingerprint density at radius 2 is 1.77 bits per heavy atom. The smallest absolute Gasteiger partial charge is 0.265 e. The predicted molar refractivity (Wildman–Crippen MR) is 49.1 cm³/mol. The van der Waals surface area contributed by atoms with Crippen LogP contribution >= 0.6 is 0 Å². The van der Waals surface area contributed by atoms with Gasteiger partial charge in [-0.3, -0.25) is 4.55 Å². The lowest BCUT2D eigenvalue weighted by Gasteiger charge is -2.31. The van der Waals surface area contributed by atoms with Gasteiger partial charge in [0.1, 0.15) is 0 Å². The Kier molecular flexibility index (Phi) is 3.32. The molecule has 4 nitrogen and oxygen atoms in total. The number of rotatable bonds is 2. The van der Waals surface area contributed by atoms with Gasteiger partial charge in [0.25, 0.3) is 10.1 Å². The standard InChI is InChI=1S/C8H16O4S/c1-6-3-8(4-7(2)12-6)5-13(9,10)11/h6-8H,3-5H2,1-2H3,(H,9,10,11). The van der Waals surface area contributed by atoms with Crippen molar-refractivity contribution in [1.82, 2.24) is 0 Å². The largest absolute Gasteiger partial charge is 0.376 e. The van der Waals surface area contributed by atoms with Crippen LogP contribution in [0.15, 0.2) is 0 Å². The fourth-order valence-electron chi connectivity index (χ4n) is 1.98. The second kappa shape index (κ2) is 3.94. The Hall–Kier alpha value is -0.130. The molecule has 2 unspecified atom stereocenters. The zero-order valence-electron chi connectivity index (χ0n) is 7.93. The number of ether oxygens (including phenoxy) is 1. The summed E-state index contributed by atoms with van der Waals surface area (Å²) in [5, 5.41) is 0. The van der Waals surface area contributed by atoms with Gasteiger partial charge in [-0.15, -0.1) is 0 Å². The third kappa shape index (κ3) is 4.06. The Morgan fingerprint density at radius 1 is 1.31 bits per heavy atom. The van der Waals surface area contributed by atoms with Crippen molar-refractivity contribution in [1.29, 1.82) is 0 Å². The SMILES string of the molecule is CC1CC(CS(=O)(=O)O)CC(C)O1. The van der Waals surface area contributed by atoms with Crippen molar-refractivity contribution in [3.63, 3.8) is 0 Å². The van der Waals surface area contributed by atoms with Crippen molar-refractivity contribution in [2.24, 2.45) is 5.92 Å². The second-order valence-electron chi connectivity index (χ2n) is 3.84. The van der Waals surface area contributed by atoms with Crippen molar-refractivity contribution in [2.45, 2.75) is 38.9 Å². The lowest BCUT2D eigenvalue weighted by Crippen LogP contribution is -2.32. The van der Waals surface area contributed by atoms with Crippen molar-refractivity contribution >= 4 is 10.1 Å². The highest BCUT2D eigenvalue weighted by Gasteiger charge is 2.27. The molecule has 0 saturated carbocycles. The molecule has 78 valence electrons. The van der Waals surface area contributed by atoms with Gasteiger partial charge >= 0.3 is 0 Å². The van der Waals surface area contributed by atoms with Gasteiger partial charge in [0.15, 0.2) is 0 Å². The predicted octanol–water partition coefficient (Wildman–Crippen LogP) is 1.08. The third-order valence-corrected chi connectivity index (χ3v) is 3.13. The molecule has 2 atom stereocenters. The van der Waals surface area contributed by atoms with Crippen LogP contribution in [0.1, 0.15) is 26.7 Å². The molecular weight excluding hydrogens is 192 g/mol. The van der Waals surface area contributed by atoms with Crippen LogP contribution in [0.2, 0.25) is 0 Å². The highest BCUT2D eigenvalue weighted by atomic mass is 32.2. The summed E-state index contributed by atoms with van der Waals surface area (Å²) < 4.78 is 35.4. The minimum Gasteiger partial charge on any atom is -0.376 e. The molecule has 1 aliphatic heterocycles. The van der Waals surface area contributed by atoms with E-state index in [9.17, 15) is 8.42 Å². The maximum atomic E-state index is 10.6. The van der Waals surface area contributed by atoms with E-state index in [1.54, 1.807) is 0 Å². The monoisotopic (exact) mass is 208 g/mol. The summed E-state index contributed by atoms with van der Waals surface area (Å²) in [7, 11) is -3.83. The highest BCUT2D eigenvalue weighted by Crippen LogP contribution is 2.25. The first-order chi connectivity index (χ1) is 5.87. The van der Waals surface area contributed by atoms with E-state index >= 15 is 0 Å². The molecule has 1 saturated heterocycles. The van der Waals surface area contributed by atoms with Gasteiger partial charge in [0, 0.05) is 0 Å². The summed E-state index contributed by atoms with van der Waals surface area (Å²) in [6, 6.07) is 0. The lowest BCUT2D eigenvalue weighted by atomic mass is 9.94. The molecule has 0 bridgehead atoms. The molecule has 0 aromatic rings. The minimum absolute atomic E-state index is 0.0359. The quantitative estimate of drug-likeness (QED) is 0.690. The van der Waals surface area contributed by atoms with Crippen LogP contribution in [0.5, 0.6) is 0 Å². The fourth-order valence-corrected chi connectivity index (χ4v) is 2.84. The summed E-state index contributed by atoms with van der Waals surface area (Å²) in [6.45, 7) is 3.85. The Bertz CT molecular complexity index is 249. The summed E-state index contributed by atoms with van der Waals surface area (Å²) in [4.78, 5) is 0. The van der Waals surface area contributed by atoms with Gasteiger partial charge in [-0.2, -0.15) is 8.42 Å². The summed E-state index contributed by atoms with van der Waals surface area (Å²) in [5.41, 5.74) is 0. The molecule has 1 aliphatic rings. The van der Waals surface area contributed by atoms with Crippen LogP contribution in [0, 0.1) is 5.92 Å². The van der Waals surface area contributed by atoms with Crippen LogP contribution in [0.4, 0.5) is 0 Å². The van der Waals surface area contributed by atoms with E-state index in [2.05, 4.69) is 0 Å². The van der Waals surface area contributed by atoms with Gasteiger partial charge in [-0.1, -0.05) is 0 Å². The van der Waals surface area contributed by atoms with E-state index in [-0.39, 0.29) is 23.9 Å². The molecule has 1 heterocycles. The second-order valence-corrected chi connectivity index (χ2v) is 5.34. The normalized spacial score (nSPS) is 36.1. The average molecular weight is 208 g/mol. The van der Waals surface area contributed by atoms with Gasteiger partial charge in [0.2, 0.25) is 0 Å². The molecule has 0 spiro atoms. The van der Waals surface area contributed by atoms with Crippen LogP contribution in [-0.4, -0.2) is 30.9 Å². The molecule has 0 amide bonds. The molecule has 1 fully saturated rings. The summed E-state index contributed by atoms with van der Waals surface area (Å²) in [5.74, 6) is -0.0980. The number of hydrogen-bond donors (Lipinski definition) is 1. The molecule has 1 N–H and O–H groups in total. The van der Waals surface area contributed by atoms with E-state index < -0.39 is 10.1 Å². The first-order valence-electron chi connectivity index (χ1n) is 4.47. The zero-order valence-corrected chi connectivity index (χ0v) is 8.75. The number of hydrogen-bond acceptors (Lipinski definition) is 3. The Balaban J connectivity index is 2.51. The van der Waals surface area contributed by atoms with Crippen molar-refractivity contribution in [3.05, 3.63) is 0 Å².